The molecule has 1 saturated heterocycles. The van der Waals surface area contributed by atoms with Crippen molar-refractivity contribution in [2.24, 2.45) is 0 Å². The Hall–Kier alpha value is -0.830. The lowest BCUT2D eigenvalue weighted by atomic mass is 9.93. The fourth-order valence-electron chi connectivity index (χ4n) is 1.62. The number of alkyl halides is 1. The van der Waals surface area contributed by atoms with Crippen molar-refractivity contribution in [3.63, 3.8) is 0 Å². The first-order valence-electron chi connectivity index (χ1n) is 4.51. The molecule has 0 bridgehead atoms. The second-order valence-corrected chi connectivity index (χ2v) is 3.74. The number of ether oxygens (including phenoxy) is 1. The maximum absolute atomic E-state index is 13.6. The van der Waals surface area contributed by atoms with E-state index in [1.807, 2.05) is 6.07 Å². The van der Waals surface area contributed by atoms with E-state index < -0.39 is 5.67 Å². The van der Waals surface area contributed by atoms with Crippen LogP contribution in [0.3, 0.4) is 0 Å². The molecule has 1 aromatic rings. The second kappa shape index (κ2) is 3.14. The van der Waals surface area contributed by atoms with Gasteiger partial charge in [-0.3, -0.25) is 0 Å². The molecule has 1 fully saturated rings. The van der Waals surface area contributed by atoms with E-state index >= 15 is 0 Å². The molecule has 2 atom stereocenters. The van der Waals surface area contributed by atoms with Crippen molar-refractivity contribution in [1.82, 2.24) is 0 Å². The first-order valence-corrected chi connectivity index (χ1v) is 4.51. The topological polar surface area (TPSA) is 22.4 Å². The highest BCUT2D eigenvalue weighted by Crippen LogP contribution is 2.36. The van der Waals surface area contributed by atoms with E-state index in [1.54, 1.807) is 19.3 Å². The zero-order valence-electron chi connectivity index (χ0n) is 7.63. The minimum atomic E-state index is -1.12. The Bertz CT molecular complexity index is 266. The molecule has 13 heavy (non-hydrogen) atoms. The predicted molar refractivity (Wildman–Crippen MR) is 46.1 cm³/mol. The van der Waals surface area contributed by atoms with Crippen LogP contribution < -0.4 is 0 Å². The zero-order chi connectivity index (χ0) is 9.31. The van der Waals surface area contributed by atoms with Gasteiger partial charge in [0.05, 0.1) is 12.9 Å². The molecule has 1 aromatic heterocycles. The highest BCUT2D eigenvalue weighted by atomic mass is 19.1. The number of furan rings is 1. The van der Waals surface area contributed by atoms with Crippen molar-refractivity contribution in [2.75, 3.05) is 6.61 Å². The van der Waals surface area contributed by atoms with E-state index in [0.717, 1.165) is 5.76 Å². The van der Waals surface area contributed by atoms with Crippen LogP contribution in [-0.4, -0.2) is 12.3 Å². The highest BCUT2D eigenvalue weighted by Gasteiger charge is 2.34. The normalized spacial score (nSPS) is 34.8. The summed E-state index contributed by atoms with van der Waals surface area (Å²) in [6.45, 7) is 2.09. The molecular weight excluding hydrogens is 171 g/mol. The Kier molecular flexibility index (Phi) is 2.12. The van der Waals surface area contributed by atoms with Gasteiger partial charge in [-0.25, -0.2) is 4.39 Å². The van der Waals surface area contributed by atoms with Crippen LogP contribution in [0.2, 0.25) is 0 Å². The van der Waals surface area contributed by atoms with Crippen LogP contribution in [0.1, 0.15) is 31.6 Å². The van der Waals surface area contributed by atoms with E-state index in [2.05, 4.69) is 0 Å². The molecule has 0 amide bonds. The Morgan fingerprint density at radius 3 is 3.08 bits per heavy atom. The highest BCUT2D eigenvalue weighted by molar-refractivity contribution is 5.04. The van der Waals surface area contributed by atoms with Crippen LogP contribution in [0.15, 0.2) is 22.8 Å². The van der Waals surface area contributed by atoms with Gasteiger partial charge in [-0.05, 0) is 19.1 Å². The number of rotatable bonds is 1. The molecule has 2 unspecified atom stereocenters. The molecule has 2 heterocycles. The Morgan fingerprint density at radius 1 is 1.62 bits per heavy atom. The zero-order valence-corrected chi connectivity index (χ0v) is 7.63. The van der Waals surface area contributed by atoms with E-state index in [0.29, 0.717) is 19.4 Å². The van der Waals surface area contributed by atoms with Gasteiger partial charge in [-0.1, -0.05) is 0 Å². The Morgan fingerprint density at radius 2 is 2.46 bits per heavy atom. The first-order chi connectivity index (χ1) is 6.17. The molecule has 0 aromatic carbocycles. The lowest BCUT2D eigenvalue weighted by Gasteiger charge is -2.30. The van der Waals surface area contributed by atoms with E-state index in [-0.39, 0.29) is 6.10 Å². The summed E-state index contributed by atoms with van der Waals surface area (Å²) in [5.74, 6) is 0.726. The van der Waals surface area contributed by atoms with Gasteiger partial charge < -0.3 is 9.15 Å². The summed E-state index contributed by atoms with van der Waals surface area (Å²) in [4.78, 5) is 0. The van der Waals surface area contributed by atoms with Crippen molar-refractivity contribution in [3.05, 3.63) is 24.2 Å². The van der Waals surface area contributed by atoms with Crippen LogP contribution in [0.25, 0.3) is 0 Å². The van der Waals surface area contributed by atoms with Gasteiger partial charge in [0.1, 0.15) is 17.5 Å². The van der Waals surface area contributed by atoms with Crippen LogP contribution in [0.4, 0.5) is 4.39 Å². The van der Waals surface area contributed by atoms with Crippen molar-refractivity contribution in [2.45, 2.75) is 31.5 Å². The van der Waals surface area contributed by atoms with Gasteiger partial charge in [-0.15, -0.1) is 0 Å². The average molecular weight is 184 g/mol. The van der Waals surface area contributed by atoms with Crippen molar-refractivity contribution >= 4 is 0 Å². The molecule has 1 aliphatic heterocycles. The maximum Gasteiger partial charge on any atom is 0.132 e. The monoisotopic (exact) mass is 184 g/mol. The molecule has 2 rings (SSSR count). The van der Waals surface area contributed by atoms with Gasteiger partial charge in [0.2, 0.25) is 0 Å². The number of hydrogen-bond donors (Lipinski definition) is 0. The summed E-state index contributed by atoms with van der Waals surface area (Å²) in [5.41, 5.74) is -1.12. The van der Waals surface area contributed by atoms with Crippen LogP contribution in [-0.2, 0) is 4.74 Å². The minimum Gasteiger partial charge on any atom is -0.467 e. The summed E-state index contributed by atoms with van der Waals surface area (Å²) in [6.07, 6.45) is 2.24. The van der Waals surface area contributed by atoms with Crippen molar-refractivity contribution < 1.29 is 13.5 Å². The largest absolute Gasteiger partial charge is 0.467 e. The molecule has 72 valence electrons. The van der Waals surface area contributed by atoms with Crippen molar-refractivity contribution in [3.8, 4) is 0 Å². The third-order valence-corrected chi connectivity index (χ3v) is 2.41. The maximum atomic E-state index is 13.6. The molecule has 0 N–H and O–H groups in total. The van der Waals surface area contributed by atoms with E-state index in [1.165, 1.54) is 0 Å². The van der Waals surface area contributed by atoms with Gasteiger partial charge in [0, 0.05) is 12.8 Å². The fourth-order valence-corrected chi connectivity index (χ4v) is 1.62. The predicted octanol–water partition coefficient (Wildman–Crippen LogP) is 2.86. The Balaban J connectivity index is 2.09. The first kappa shape index (κ1) is 8.75. The summed E-state index contributed by atoms with van der Waals surface area (Å²) in [5, 5.41) is 0. The smallest absolute Gasteiger partial charge is 0.132 e. The van der Waals surface area contributed by atoms with Gasteiger partial charge in [0.25, 0.3) is 0 Å². The molecule has 0 radical (unpaired) electrons. The minimum absolute atomic E-state index is 0.209. The average Bonchev–Trinajstić information content (AvgIpc) is 2.53. The van der Waals surface area contributed by atoms with Crippen LogP contribution in [0.5, 0.6) is 0 Å². The van der Waals surface area contributed by atoms with Crippen molar-refractivity contribution in [1.29, 1.82) is 0 Å². The lowest BCUT2D eigenvalue weighted by molar-refractivity contribution is -0.0657. The molecule has 1 aliphatic rings. The number of hydrogen-bond acceptors (Lipinski definition) is 2. The summed E-state index contributed by atoms with van der Waals surface area (Å²) < 4.78 is 24.2. The van der Waals surface area contributed by atoms with E-state index in [4.69, 9.17) is 9.15 Å². The quantitative estimate of drug-likeness (QED) is 0.669. The lowest BCUT2D eigenvalue weighted by Crippen LogP contribution is -2.30. The van der Waals surface area contributed by atoms with Gasteiger partial charge in [-0.2, -0.15) is 0 Å². The molecule has 0 spiro atoms. The standard InChI is InChI=1S/C10H13FO2/c1-10(11)4-6-13-9(7-10)8-3-2-5-12-8/h2-3,5,9H,4,6-7H2,1H3. The molecule has 3 heteroatoms. The third-order valence-electron chi connectivity index (χ3n) is 2.41. The SMILES string of the molecule is CC1(F)CCOC(c2ccco2)C1. The summed E-state index contributed by atoms with van der Waals surface area (Å²) in [6, 6.07) is 3.62. The van der Waals surface area contributed by atoms with E-state index in [9.17, 15) is 4.39 Å². The summed E-state index contributed by atoms with van der Waals surface area (Å²) in [7, 11) is 0. The Labute approximate surface area is 76.7 Å². The fraction of sp³-hybridized carbons (Fsp3) is 0.600. The molecule has 0 aliphatic carbocycles. The van der Waals surface area contributed by atoms with Gasteiger partial charge in [0.15, 0.2) is 0 Å². The third kappa shape index (κ3) is 1.91. The number of halogens is 1. The van der Waals surface area contributed by atoms with Gasteiger partial charge >= 0.3 is 0 Å². The second-order valence-electron chi connectivity index (χ2n) is 3.74. The molecular formula is C10H13FO2. The van der Waals surface area contributed by atoms with Crippen LogP contribution >= 0.6 is 0 Å². The van der Waals surface area contributed by atoms with Crippen LogP contribution in [0, 0.1) is 0 Å². The molecule has 2 nitrogen and oxygen atoms in total. The molecule has 0 saturated carbocycles. The summed E-state index contributed by atoms with van der Waals surface area (Å²) >= 11 is 0.